The van der Waals surface area contributed by atoms with Gasteiger partial charge in [-0.2, -0.15) is 0 Å². The molecule has 2 N–H and O–H groups in total. The molecule has 0 aromatic carbocycles. The summed E-state index contributed by atoms with van der Waals surface area (Å²) < 4.78 is 0. The predicted octanol–water partition coefficient (Wildman–Crippen LogP) is 3.17. The van der Waals surface area contributed by atoms with Crippen LogP contribution in [0.15, 0.2) is 0 Å². The lowest BCUT2D eigenvalue weighted by molar-refractivity contribution is 0.158. The summed E-state index contributed by atoms with van der Waals surface area (Å²) >= 11 is 0. The van der Waals surface area contributed by atoms with Crippen LogP contribution in [-0.4, -0.2) is 47.3 Å². The summed E-state index contributed by atoms with van der Waals surface area (Å²) in [5.41, 5.74) is -0.0521. The number of nitrogens with zero attached hydrogens (tertiary/aromatic N) is 1. The standard InChI is InChI=1S/C18H36N2O/c1-15(2)10-13-20(17-8-9-17)12-5-4-11-18(3,14-21)19-16-6-7-16/h15-17,19,21H,4-14H2,1-3H3. The smallest absolute Gasteiger partial charge is 0.0610 e. The number of unbranched alkanes of at least 4 members (excludes halogenated alkanes) is 1. The van der Waals surface area contributed by atoms with E-state index in [1.54, 1.807) is 0 Å². The van der Waals surface area contributed by atoms with Gasteiger partial charge in [-0.1, -0.05) is 20.3 Å². The van der Waals surface area contributed by atoms with E-state index in [0.29, 0.717) is 6.04 Å². The fourth-order valence-corrected chi connectivity index (χ4v) is 3.09. The zero-order chi connectivity index (χ0) is 15.3. The Kier molecular flexibility index (Phi) is 6.51. The van der Waals surface area contributed by atoms with Crippen molar-refractivity contribution in [1.29, 1.82) is 0 Å². The Morgan fingerprint density at radius 1 is 1.14 bits per heavy atom. The van der Waals surface area contributed by atoms with Gasteiger partial charge in [-0.15, -0.1) is 0 Å². The summed E-state index contributed by atoms with van der Waals surface area (Å²) in [4.78, 5) is 2.71. The van der Waals surface area contributed by atoms with Gasteiger partial charge in [-0.05, 0) is 70.9 Å². The SMILES string of the molecule is CC(C)CCN(CCCCC(C)(CO)NC1CC1)C1CC1. The van der Waals surface area contributed by atoms with Crippen molar-refractivity contribution in [2.45, 2.75) is 89.8 Å². The highest BCUT2D eigenvalue weighted by atomic mass is 16.3. The van der Waals surface area contributed by atoms with E-state index in [0.717, 1.165) is 18.4 Å². The number of hydrogen-bond acceptors (Lipinski definition) is 3. The molecule has 0 spiro atoms. The molecule has 3 nitrogen and oxygen atoms in total. The molecule has 2 aliphatic carbocycles. The molecule has 2 rings (SSSR count). The zero-order valence-electron chi connectivity index (χ0n) is 14.4. The molecule has 3 heteroatoms. The van der Waals surface area contributed by atoms with Gasteiger partial charge in [0.2, 0.25) is 0 Å². The van der Waals surface area contributed by atoms with Crippen molar-refractivity contribution in [3.8, 4) is 0 Å². The van der Waals surface area contributed by atoms with Gasteiger partial charge in [0.1, 0.15) is 0 Å². The molecule has 0 amide bonds. The van der Waals surface area contributed by atoms with E-state index >= 15 is 0 Å². The van der Waals surface area contributed by atoms with Gasteiger partial charge in [-0.25, -0.2) is 0 Å². The number of hydrogen-bond donors (Lipinski definition) is 2. The highest BCUT2D eigenvalue weighted by Crippen LogP contribution is 2.28. The van der Waals surface area contributed by atoms with Crippen molar-refractivity contribution in [3.63, 3.8) is 0 Å². The van der Waals surface area contributed by atoms with Crippen molar-refractivity contribution >= 4 is 0 Å². The molecular formula is C18H36N2O. The lowest BCUT2D eigenvalue weighted by Gasteiger charge is -2.30. The van der Waals surface area contributed by atoms with E-state index in [2.05, 4.69) is 31.0 Å². The summed E-state index contributed by atoms with van der Waals surface area (Å²) in [6, 6.07) is 1.56. The average molecular weight is 296 g/mol. The molecule has 124 valence electrons. The van der Waals surface area contributed by atoms with Gasteiger partial charge < -0.3 is 15.3 Å². The van der Waals surface area contributed by atoms with Crippen LogP contribution < -0.4 is 5.32 Å². The van der Waals surface area contributed by atoms with Crippen LogP contribution in [0.2, 0.25) is 0 Å². The van der Waals surface area contributed by atoms with Crippen LogP contribution in [0.25, 0.3) is 0 Å². The summed E-state index contributed by atoms with van der Waals surface area (Å²) in [5.74, 6) is 0.812. The Morgan fingerprint density at radius 2 is 1.86 bits per heavy atom. The molecule has 1 unspecified atom stereocenters. The molecule has 0 aliphatic heterocycles. The first kappa shape index (κ1) is 17.2. The molecule has 0 radical (unpaired) electrons. The second-order valence-corrected chi connectivity index (χ2v) is 8.04. The maximum Gasteiger partial charge on any atom is 0.0610 e. The van der Waals surface area contributed by atoms with Gasteiger partial charge in [0.25, 0.3) is 0 Å². The van der Waals surface area contributed by atoms with Crippen molar-refractivity contribution in [1.82, 2.24) is 10.2 Å². The Balaban J connectivity index is 1.62. The summed E-state index contributed by atoms with van der Waals surface area (Å²) in [7, 11) is 0. The maximum absolute atomic E-state index is 9.64. The van der Waals surface area contributed by atoms with E-state index in [-0.39, 0.29) is 12.1 Å². The molecule has 1 atom stereocenters. The Labute approximate surface area is 131 Å². The first-order valence-corrected chi connectivity index (χ1v) is 9.15. The van der Waals surface area contributed by atoms with Crippen LogP contribution in [0.5, 0.6) is 0 Å². The molecule has 0 aromatic heterocycles. The maximum atomic E-state index is 9.64. The van der Waals surface area contributed by atoms with Crippen molar-refractivity contribution in [2.24, 2.45) is 5.92 Å². The third-order valence-electron chi connectivity index (χ3n) is 4.96. The fourth-order valence-electron chi connectivity index (χ4n) is 3.09. The number of rotatable bonds is 12. The van der Waals surface area contributed by atoms with Crippen molar-refractivity contribution < 1.29 is 5.11 Å². The molecule has 2 aliphatic rings. The Hall–Kier alpha value is -0.120. The lowest BCUT2D eigenvalue weighted by Crippen LogP contribution is -2.47. The van der Waals surface area contributed by atoms with Crippen LogP contribution in [0.3, 0.4) is 0 Å². The van der Waals surface area contributed by atoms with Crippen LogP contribution in [0, 0.1) is 5.92 Å². The second-order valence-electron chi connectivity index (χ2n) is 8.04. The first-order chi connectivity index (χ1) is 10.0. The van der Waals surface area contributed by atoms with E-state index in [1.165, 1.54) is 58.0 Å². The summed E-state index contributed by atoms with van der Waals surface area (Å²) in [5, 5.41) is 13.3. The minimum Gasteiger partial charge on any atom is -0.394 e. The number of aliphatic hydroxyl groups excluding tert-OH is 1. The molecule has 0 bridgehead atoms. The molecule has 0 heterocycles. The third kappa shape index (κ3) is 6.66. The van der Waals surface area contributed by atoms with Crippen LogP contribution >= 0.6 is 0 Å². The number of aliphatic hydroxyl groups is 1. The Morgan fingerprint density at radius 3 is 2.38 bits per heavy atom. The van der Waals surface area contributed by atoms with Crippen LogP contribution in [0.1, 0.15) is 72.1 Å². The van der Waals surface area contributed by atoms with E-state index in [1.807, 2.05) is 0 Å². The molecule has 0 aromatic rings. The van der Waals surface area contributed by atoms with Gasteiger partial charge in [0, 0.05) is 17.6 Å². The highest BCUT2D eigenvalue weighted by Gasteiger charge is 2.32. The van der Waals surface area contributed by atoms with E-state index < -0.39 is 0 Å². The molecule has 0 saturated heterocycles. The molecule has 21 heavy (non-hydrogen) atoms. The summed E-state index contributed by atoms with van der Waals surface area (Å²) in [6.45, 7) is 9.62. The predicted molar refractivity (Wildman–Crippen MR) is 89.5 cm³/mol. The topological polar surface area (TPSA) is 35.5 Å². The monoisotopic (exact) mass is 296 g/mol. The minimum atomic E-state index is -0.0521. The lowest BCUT2D eigenvalue weighted by atomic mass is 9.95. The van der Waals surface area contributed by atoms with Crippen LogP contribution in [-0.2, 0) is 0 Å². The van der Waals surface area contributed by atoms with Gasteiger partial charge >= 0.3 is 0 Å². The zero-order valence-corrected chi connectivity index (χ0v) is 14.4. The van der Waals surface area contributed by atoms with Gasteiger partial charge in [-0.3, -0.25) is 0 Å². The largest absolute Gasteiger partial charge is 0.394 e. The highest BCUT2D eigenvalue weighted by molar-refractivity contribution is 4.92. The molecule has 2 saturated carbocycles. The van der Waals surface area contributed by atoms with Crippen molar-refractivity contribution in [3.05, 3.63) is 0 Å². The third-order valence-corrected chi connectivity index (χ3v) is 4.96. The summed E-state index contributed by atoms with van der Waals surface area (Å²) in [6.07, 6.45) is 10.3. The fraction of sp³-hybridized carbons (Fsp3) is 1.00. The average Bonchev–Trinajstić information content (AvgIpc) is 3.31. The van der Waals surface area contributed by atoms with E-state index in [9.17, 15) is 5.11 Å². The van der Waals surface area contributed by atoms with Crippen molar-refractivity contribution in [2.75, 3.05) is 19.7 Å². The van der Waals surface area contributed by atoms with Gasteiger partial charge in [0.15, 0.2) is 0 Å². The minimum absolute atomic E-state index is 0.0521. The molecular weight excluding hydrogens is 260 g/mol. The first-order valence-electron chi connectivity index (χ1n) is 9.15. The quantitative estimate of drug-likeness (QED) is 0.543. The Bertz CT molecular complexity index is 300. The second kappa shape index (κ2) is 7.94. The molecule has 2 fully saturated rings. The normalized spacial score (nSPS) is 22.0. The number of nitrogens with one attached hydrogen (secondary N) is 1. The van der Waals surface area contributed by atoms with Crippen LogP contribution in [0.4, 0.5) is 0 Å². The van der Waals surface area contributed by atoms with E-state index in [4.69, 9.17) is 0 Å². The van der Waals surface area contributed by atoms with Gasteiger partial charge in [0.05, 0.1) is 6.61 Å².